The highest BCUT2D eigenvalue weighted by Crippen LogP contribution is 2.29. The number of nitrogens with zero attached hydrogens (tertiary/aromatic N) is 4. The number of halogens is 2. The molecule has 0 heterocycles. The number of hydrogen-bond acceptors (Lipinski definition) is 6. The molecule has 0 aliphatic carbocycles. The molecule has 1 aromatic rings. The highest BCUT2D eigenvalue weighted by atomic mass is 35.5. The van der Waals surface area contributed by atoms with Crippen LogP contribution in [0.5, 0.6) is 0 Å². The third-order valence-electron chi connectivity index (χ3n) is 1.83. The second-order valence-electron chi connectivity index (χ2n) is 3.18. The fourth-order valence-electron chi connectivity index (χ4n) is 1.06. The molecule has 1 rings (SSSR count). The lowest BCUT2D eigenvalue weighted by Gasteiger charge is -1.99. The molecule has 106 valence electrons. The second kappa shape index (κ2) is 6.63. The average Bonchev–Trinajstić information content (AvgIpc) is 2.30. The molecule has 0 bridgehead atoms. The Morgan fingerprint density at radius 2 is 1.95 bits per heavy atom. The Balaban J connectivity index is 3.00. The van der Waals surface area contributed by atoms with Crippen molar-refractivity contribution in [2.45, 2.75) is 0 Å². The zero-order valence-electron chi connectivity index (χ0n) is 9.49. The Morgan fingerprint density at radius 1 is 1.30 bits per heavy atom. The van der Waals surface area contributed by atoms with Crippen LogP contribution in [0, 0.1) is 20.2 Å². The fraction of sp³-hybridized carbons (Fsp3) is 0. The van der Waals surface area contributed by atoms with E-state index >= 15 is 0 Å². The van der Waals surface area contributed by atoms with Crippen LogP contribution in [0.2, 0.25) is 10.0 Å². The molecule has 0 saturated heterocycles. The van der Waals surface area contributed by atoms with E-state index in [4.69, 9.17) is 28.9 Å². The summed E-state index contributed by atoms with van der Waals surface area (Å²) >= 11 is 11.4. The first-order valence-corrected chi connectivity index (χ1v) is 5.48. The lowest BCUT2D eigenvalue weighted by atomic mass is 10.2. The van der Waals surface area contributed by atoms with Gasteiger partial charge in [0.05, 0.1) is 16.2 Å². The largest absolute Gasteiger partial charge is 0.364 e. The van der Waals surface area contributed by atoms with E-state index in [1.165, 1.54) is 6.07 Å². The predicted molar refractivity (Wildman–Crippen MR) is 72.5 cm³/mol. The molecule has 0 aliphatic heterocycles. The minimum atomic E-state index is -0.922. The molecule has 0 fully saturated rings. The Morgan fingerprint density at radius 3 is 2.50 bits per heavy atom. The molecule has 10 nitrogen and oxygen atoms in total. The van der Waals surface area contributed by atoms with Crippen LogP contribution in [0.15, 0.2) is 22.3 Å². The number of benzene rings is 1. The van der Waals surface area contributed by atoms with Crippen molar-refractivity contribution in [1.29, 1.82) is 0 Å². The fourth-order valence-corrected chi connectivity index (χ4v) is 1.56. The summed E-state index contributed by atoms with van der Waals surface area (Å²) in [5, 5.41) is 26.4. The maximum Gasteiger partial charge on any atom is 0.288 e. The molecule has 3 N–H and O–H groups in total. The van der Waals surface area contributed by atoms with Gasteiger partial charge in [-0.2, -0.15) is 5.10 Å². The Kier molecular flexibility index (Phi) is 5.17. The van der Waals surface area contributed by atoms with E-state index in [1.807, 2.05) is 0 Å². The lowest BCUT2D eigenvalue weighted by Crippen LogP contribution is -2.35. The molecule has 0 amide bonds. The van der Waals surface area contributed by atoms with Gasteiger partial charge in [0, 0.05) is 11.6 Å². The van der Waals surface area contributed by atoms with E-state index in [9.17, 15) is 20.2 Å². The van der Waals surface area contributed by atoms with Gasteiger partial charge in [0.15, 0.2) is 5.03 Å². The quantitative estimate of drug-likeness (QED) is 0.370. The van der Waals surface area contributed by atoms with E-state index in [1.54, 1.807) is 5.43 Å². The first-order valence-electron chi connectivity index (χ1n) is 4.72. The molecular formula is C8H6Cl2N6O4. The third-order valence-corrected chi connectivity index (χ3v) is 2.46. The summed E-state index contributed by atoms with van der Waals surface area (Å²) in [7, 11) is 0. The number of nitro groups is 2. The summed E-state index contributed by atoms with van der Waals surface area (Å²) in [4.78, 5) is 20.0. The summed E-state index contributed by atoms with van der Waals surface area (Å²) in [6.45, 7) is 0. The van der Waals surface area contributed by atoms with Crippen molar-refractivity contribution >= 4 is 41.1 Å². The van der Waals surface area contributed by atoms with Gasteiger partial charge in [-0.15, -0.1) is 5.10 Å². The molecule has 0 aliphatic rings. The molecular weight excluding hydrogens is 315 g/mol. The third kappa shape index (κ3) is 4.33. The summed E-state index contributed by atoms with van der Waals surface area (Å²) in [6, 6.07) is 2.26. The zero-order valence-corrected chi connectivity index (χ0v) is 11.0. The van der Waals surface area contributed by atoms with Crippen molar-refractivity contribution < 1.29 is 9.96 Å². The van der Waals surface area contributed by atoms with Crippen LogP contribution >= 0.6 is 23.2 Å². The predicted octanol–water partition coefficient (Wildman–Crippen LogP) is 1.33. The van der Waals surface area contributed by atoms with E-state index in [0.717, 1.165) is 12.3 Å². The van der Waals surface area contributed by atoms with Gasteiger partial charge < -0.3 is 5.73 Å². The number of nitro benzene ring substituents is 1. The van der Waals surface area contributed by atoms with Crippen LogP contribution in [0.1, 0.15) is 5.56 Å². The first-order chi connectivity index (χ1) is 9.31. The van der Waals surface area contributed by atoms with Crippen molar-refractivity contribution in [3.05, 3.63) is 48.0 Å². The van der Waals surface area contributed by atoms with E-state index in [0.29, 0.717) is 0 Å². The highest BCUT2D eigenvalue weighted by molar-refractivity contribution is 6.37. The molecule has 0 aromatic heterocycles. The van der Waals surface area contributed by atoms with E-state index in [-0.39, 0.29) is 21.3 Å². The Bertz CT molecular complexity index is 617. The number of rotatable bonds is 4. The normalized spacial score (nSPS) is 11.6. The van der Waals surface area contributed by atoms with Gasteiger partial charge in [0.25, 0.3) is 11.6 Å². The monoisotopic (exact) mass is 320 g/mol. The van der Waals surface area contributed by atoms with Gasteiger partial charge in [0.2, 0.25) is 0 Å². The molecule has 0 unspecified atom stereocenters. The molecule has 0 radical (unpaired) electrons. The van der Waals surface area contributed by atoms with Crippen molar-refractivity contribution in [3.63, 3.8) is 0 Å². The van der Waals surface area contributed by atoms with Gasteiger partial charge in [-0.05, 0) is 6.07 Å². The lowest BCUT2D eigenvalue weighted by molar-refractivity contribution is -0.525. The number of hydrogen-bond donors (Lipinski definition) is 2. The number of guanidine groups is 1. The van der Waals surface area contributed by atoms with Gasteiger partial charge in [-0.25, -0.2) is 10.1 Å². The average molecular weight is 321 g/mol. The maximum absolute atomic E-state index is 10.7. The first kappa shape index (κ1) is 15.6. The summed E-state index contributed by atoms with van der Waals surface area (Å²) in [5.41, 5.74) is 6.45. The molecule has 20 heavy (non-hydrogen) atoms. The van der Waals surface area contributed by atoms with Gasteiger partial charge >= 0.3 is 0 Å². The van der Waals surface area contributed by atoms with Gasteiger partial charge in [0.1, 0.15) is 5.02 Å². The standard InChI is InChI=1S/C8H6Cl2N6O4/c9-5-2-6(10)7(15(17)18)1-4(5)3-12-13-8(11)14-16(19)20/h1-3H,(H3,11,13,14)/b12-3+. The van der Waals surface area contributed by atoms with Gasteiger partial charge in [-0.3, -0.25) is 10.1 Å². The van der Waals surface area contributed by atoms with Crippen molar-refractivity contribution in [3.8, 4) is 0 Å². The van der Waals surface area contributed by atoms with Crippen LogP contribution in [-0.4, -0.2) is 22.1 Å². The van der Waals surface area contributed by atoms with Crippen LogP contribution in [-0.2, 0) is 0 Å². The maximum atomic E-state index is 10.7. The summed E-state index contributed by atoms with van der Waals surface area (Å²) < 4.78 is 0. The number of nitrogens with one attached hydrogen (secondary N) is 1. The van der Waals surface area contributed by atoms with Crippen LogP contribution in [0.4, 0.5) is 5.69 Å². The molecule has 0 atom stereocenters. The molecule has 1 aromatic carbocycles. The number of nitrogens with two attached hydrogens (primary N) is 1. The van der Waals surface area contributed by atoms with Crippen LogP contribution in [0.25, 0.3) is 0 Å². The SMILES string of the molecule is NC(=N/N=C/c1cc([N+](=O)[O-])c(Cl)cc1Cl)N[N+](=O)[O-]. The smallest absolute Gasteiger partial charge is 0.288 e. The van der Waals surface area contributed by atoms with Crippen LogP contribution in [0.3, 0.4) is 0 Å². The minimum Gasteiger partial charge on any atom is -0.364 e. The topological polar surface area (TPSA) is 149 Å². The summed E-state index contributed by atoms with van der Waals surface area (Å²) in [6.07, 6.45) is 1.04. The van der Waals surface area contributed by atoms with E-state index < -0.39 is 15.9 Å². The van der Waals surface area contributed by atoms with Crippen molar-refractivity contribution in [1.82, 2.24) is 5.43 Å². The number of hydrazine groups is 1. The van der Waals surface area contributed by atoms with Crippen molar-refractivity contribution in [2.24, 2.45) is 15.9 Å². The molecule has 12 heteroatoms. The van der Waals surface area contributed by atoms with Crippen LogP contribution < -0.4 is 11.2 Å². The Hall–Kier alpha value is -2.46. The Labute approximate surface area is 121 Å². The van der Waals surface area contributed by atoms with Gasteiger partial charge in [-0.1, -0.05) is 28.6 Å². The van der Waals surface area contributed by atoms with E-state index in [2.05, 4.69) is 10.2 Å². The molecule has 0 spiro atoms. The minimum absolute atomic E-state index is 0.0976. The second-order valence-corrected chi connectivity index (χ2v) is 4.00. The molecule has 0 saturated carbocycles. The van der Waals surface area contributed by atoms with Crippen molar-refractivity contribution in [2.75, 3.05) is 0 Å². The highest BCUT2D eigenvalue weighted by Gasteiger charge is 2.15. The zero-order chi connectivity index (χ0) is 15.3. The summed E-state index contributed by atoms with van der Waals surface area (Å²) in [5.74, 6) is -0.564.